The molecular weight excluding hydrogens is 322 g/mol. The van der Waals surface area contributed by atoms with E-state index in [-0.39, 0.29) is 5.41 Å². The maximum Gasteiger partial charge on any atom is 0.206 e. The summed E-state index contributed by atoms with van der Waals surface area (Å²) in [5, 5.41) is 5.88. The van der Waals surface area contributed by atoms with Gasteiger partial charge in [0.2, 0.25) is 5.71 Å². The van der Waals surface area contributed by atoms with E-state index in [1.165, 1.54) is 21.7 Å². The fraction of sp³-hybridized carbons (Fsp3) is 0.217. The Morgan fingerprint density at radius 3 is 2.46 bits per heavy atom. The molecule has 0 aliphatic heterocycles. The molecule has 0 atom stereocenters. The van der Waals surface area contributed by atoms with Crippen LogP contribution in [0.4, 0.5) is 0 Å². The fourth-order valence-electron chi connectivity index (χ4n) is 3.82. The van der Waals surface area contributed by atoms with Crippen molar-refractivity contribution in [3.05, 3.63) is 54.1 Å². The van der Waals surface area contributed by atoms with Gasteiger partial charge in [-0.15, -0.1) is 0 Å². The SMILES string of the molecule is COc1ccc2ccc3[nH]c4oc5ccc(C(C)(C)C)cc5c4c3c2c1. The number of benzene rings is 3. The third-order valence-corrected chi connectivity index (χ3v) is 5.28. The van der Waals surface area contributed by atoms with Crippen LogP contribution in [0.3, 0.4) is 0 Å². The Balaban J connectivity index is 1.98. The van der Waals surface area contributed by atoms with Gasteiger partial charge in [-0.2, -0.15) is 0 Å². The molecule has 0 bridgehead atoms. The number of rotatable bonds is 1. The molecule has 2 heterocycles. The van der Waals surface area contributed by atoms with E-state index >= 15 is 0 Å². The van der Waals surface area contributed by atoms with Crippen molar-refractivity contribution in [1.82, 2.24) is 4.98 Å². The zero-order valence-corrected chi connectivity index (χ0v) is 15.4. The molecule has 0 unspecified atom stereocenters. The molecule has 0 radical (unpaired) electrons. The number of nitrogens with one attached hydrogen (secondary N) is 1. The quantitative estimate of drug-likeness (QED) is 0.376. The van der Waals surface area contributed by atoms with Crippen molar-refractivity contribution in [3.63, 3.8) is 0 Å². The van der Waals surface area contributed by atoms with Crippen LogP contribution in [-0.4, -0.2) is 12.1 Å². The van der Waals surface area contributed by atoms with Crippen LogP contribution in [0.2, 0.25) is 0 Å². The maximum absolute atomic E-state index is 6.12. The summed E-state index contributed by atoms with van der Waals surface area (Å²) in [6, 6.07) is 17.0. The molecule has 5 rings (SSSR count). The Morgan fingerprint density at radius 1 is 0.885 bits per heavy atom. The second-order valence-corrected chi connectivity index (χ2v) is 7.97. The highest BCUT2D eigenvalue weighted by atomic mass is 16.5. The van der Waals surface area contributed by atoms with Gasteiger partial charge in [0.15, 0.2) is 0 Å². The predicted molar refractivity (Wildman–Crippen MR) is 108 cm³/mol. The lowest BCUT2D eigenvalue weighted by molar-refractivity contribution is 0.415. The summed E-state index contributed by atoms with van der Waals surface area (Å²) in [6.07, 6.45) is 0. The van der Waals surface area contributed by atoms with Crippen LogP contribution in [0.5, 0.6) is 5.75 Å². The average Bonchev–Trinajstić information content (AvgIpc) is 3.15. The molecule has 0 amide bonds. The van der Waals surface area contributed by atoms with Crippen molar-refractivity contribution < 1.29 is 9.15 Å². The first-order valence-corrected chi connectivity index (χ1v) is 8.91. The molecule has 0 fully saturated rings. The number of aromatic amines is 1. The molecule has 3 nitrogen and oxygen atoms in total. The first-order chi connectivity index (χ1) is 12.5. The fourth-order valence-corrected chi connectivity index (χ4v) is 3.82. The summed E-state index contributed by atoms with van der Waals surface area (Å²) in [6.45, 7) is 6.71. The van der Waals surface area contributed by atoms with E-state index < -0.39 is 0 Å². The molecule has 0 spiro atoms. The lowest BCUT2D eigenvalue weighted by atomic mass is 9.86. The van der Waals surface area contributed by atoms with Gasteiger partial charge in [-0.05, 0) is 52.1 Å². The van der Waals surface area contributed by atoms with Crippen molar-refractivity contribution >= 4 is 43.7 Å². The van der Waals surface area contributed by atoms with Crippen LogP contribution in [0.15, 0.2) is 52.9 Å². The minimum absolute atomic E-state index is 0.0924. The second kappa shape index (κ2) is 5.04. The summed E-state index contributed by atoms with van der Waals surface area (Å²) in [5.41, 5.74) is 4.23. The van der Waals surface area contributed by atoms with Gasteiger partial charge < -0.3 is 14.1 Å². The highest BCUT2D eigenvalue weighted by molar-refractivity contribution is 6.26. The third-order valence-electron chi connectivity index (χ3n) is 5.28. The number of furan rings is 1. The first-order valence-electron chi connectivity index (χ1n) is 8.91. The van der Waals surface area contributed by atoms with Gasteiger partial charge in [0.25, 0.3) is 0 Å². The molecule has 5 aromatic rings. The molecular formula is C23H21NO2. The van der Waals surface area contributed by atoms with Gasteiger partial charge >= 0.3 is 0 Å². The average molecular weight is 343 g/mol. The van der Waals surface area contributed by atoms with Gasteiger partial charge in [-0.1, -0.05) is 39.0 Å². The monoisotopic (exact) mass is 343 g/mol. The number of fused-ring (bicyclic) bond motifs is 7. The second-order valence-electron chi connectivity index (χ2n) is 7.97. The van der Waals surface area contributed by atoms with Gasteiger partial charge in [-0.25, -0.2) is 0 Å². The number of H-pyrrole nitrogens is 1. The van der Waals surface area contributed by atoms with Crippen molar-refractivity contribution in [2.45, 2.75) is 26.2 Å². The third kappa shape index (κ3) is 2.07. The van der Waals surface area contributed by atoms with Crippen molar-refractivity contribution in [3.8, 4) is 5.75 Å². The molecule has 0 aliphatic rings. The van der Waals surface area contributed by atoms with Gasteiger partial charge in [0, 0.05) is 16.3 Å². The van der Waals surface area contributed by atoms with E-state index in [1.807, 2.05) is 6.07 Å². The van der Waals surface area contributed by atoms with E-state index in [1.54, 1.807) is 7.11 Å². The molecule has 2 aromatic heterocycles. The van der Waals surface area contributed by atoms with Crippen LogP contribution in [0.1, 0.15) is 26.3 Å². The van der Waals surface area contributed by atoms with E-state index in [2.05, 4.69) is 68.2 Å². The molecule has 0 saturated heterocycles. The summed E-state index contributed by atoms with van der Waals surface area (Å²) in [7, 11) is 1.71. The Labute approximate surface area is 151 Å². The highest BCUT2D eigenvalue weighted by Gasteiger charge is 2.19. The van der Waals surface area contributed by atoms with E-state index in [4.69, 9.17) is 9.15 Å². The van der Waals surface area contributed by atoms with Crippen LogP contribution >= 0.6 is 0 Å². The minimum Gasteiger partial charge on any atom is -0.497 e. The van der Waals surface area contributed by atoms with Crippen molar-refractivity contribution in [1.29, 1.82) is 0 Å². The Morgan fingerprint density at radius 2 is 1.69 bits per heavy atom. The largest absolute Gasteiger partial charge is 0.497 e. The van der Waals surface area contributed by atoms with Crippen LogP contribution in [-0.2, 0) is 5.41 Å². The number of ether oxygens (including phenoxy) is 1. The molecule has 26 heavy (non-hydrogen) atoms. The Hall–Kier alpha value is -2.94. The van der Waals surface area contributed by atoms with Gasteiger partial charge in [-0.3, -0.25) is 0 Å². The predicted octanol–water partition coefficient (Wildman–Crippen LogP) is 6.53. The van der Waals surface area contributed by atoms with Crippen LogP contribution in [0, 0.1) is 0 Å². The summed E-state index contributed by atoms with van der Waals surface area (Å²) < 4.78 is 11.6. The number of hydrogen-bond acceptors (Lipinski definition) is 2. The Kier molecular flexibility index (Phi) is 2.97. The molecule has 0 aliphatic carbocycles. The first kappa shape index (κ1) is 15.3. The van der Waals surface area contributed by atoms with Crippen LogP contribution < -0.4 is 4.74 Å². The van der Waals surface area contributed by atoms with Gasteiger partial charge in [0.1, 0.15) is 11.3 Å². The van der Waals surface area contributed by atoms with Gasteiger partial charge in [0.05, 0.1) is 12.5 Å². The number of methoxy groups -OCH3 is 1. The zero-order chi connectivity index (χ0) is 18.1. The van der Waals surface area contributed by atoms with Crippen molar-refractivity contribution in [2.75, 3.05) is 7.11 Å². The normalized spacial score (nSPS) is 12.6. The molecule has 3 aromatic carbocycles. The number of aromatic nitrogens is 1. The molecule has 0 saturated carbocycles. The molecule has 3 heteroatoms. The molecule has 1 N–H and O–H groups in total. The maximum atomic E-state index is 6.12. The topological polar surface area (TPSA) is 38.2 Å². The van der Waals surface area contributed by atoms with Crippen molar-refractivity contribution in [2.24, 2.45) is 0 Å². The van der Waals surface area contributed by atoms with Crippen LogP contribution in [0.25, 0.3) is 43.7 Å². The standard InChI is InChI=1S/C23H21NO2/c1-23(2,3)14-7-10-19-17(11-14)21-20-16-12-15(25-4)8-5-13(16)6-9-18(20)24-22(21)26-19/h5-12,24H,1-4H3. The highest BCUT2D eigenvalue weighted by Crippen LogP contribution is 2.40. The lowest BCUT2D eigenvalue weighted by Gasteiger charge is -2.18. The summed E-state index contributed by atoms with van der Waals surface area (Å²) in [5.74, 6) is 0.863. The minimum atomic E-state index is 0.0924. The van der Waals surface area contributed by atoms with E-state index in [0.717, 1.165) is 33.3 Å². The Bertz CT molecular complexity index is 1300. The smallest absolute Gasteiger partial charge is 0.206 e. The van der Waals surface area contributed by atoms with E-state index in [0.29, 0.717) is 0 Å². The summed E-state index contributed by atoms with van der Waals surface area (Å²) >= 11 is 0. The summed E-state index contributed by atoms with van der Waals surface area (Å²) in [4.78, 5) is 3.45. The lowest BCUT2D eigenvalue weighted by Crippen LogP contribution is -2.10. The molecule has 130 valence electrons. The number of hydrogen-bond donors (Lipinski definition) is 1. The zero-order valence-electron chi connectivity index (χ0n) is 15.4. The van der Waals surface area contributed by atoms with E-state index in [9.17, 15) is 0 Å².